The van der Waals surface area contributed by atoms with E-state index in [9.17, 15) is 9.59 Å². The molecule has 1 saturated heterocycles. The van der Waals surface area contributed by atoms with E-state index in [1.807, 2.05) is 36.4 Å². The SMILES string of the molecule is CCOC(=O)c1[nH]c2ccccc2c1C(=O)C1CSN(c2cccnc2)C1. The normalized spacial score (nSPS) is 16.6. The van der Waals surface area contributed by atoms with Crippen molar-refractivity contribution < 1.29 is 14.3 Å². The van der Waals surface area contributed by atoms with Gasteiger partial charge in [-0.2, -0.15) is 0 Å². The van der Waals surface area contributed by atoms with Crippen molar-refractivity contribution >= 4 is 40.3 Å². The number of aromatic nitrogens is 2. The number of rotatable bonds is 5. The summed E-state index contributed by atoms with van der Waals surface area (Å²) < 4.78 is 7.23. The number of para-hydroxylation sites is 1. The first-order valence-electron chi connectivity index (χ1n) is 8.81. The van der Waals surface area contributed by atoms with E-state index in [-0.39, 0.29) is 24.0 Å². The lowest BCUT2D eigenvalue weighted by Crippen LogP contribution is -2.24. The molecule has 2 aromatic heterocycles. The van der Waals surface area contributed by atoms with Gasteiger partial charge in [0.1, 0.15) is 5.69 Å². The molecular formula is C20H19N3O3S. The fourth-order valence-corrected chi connectivity index (χ4v) is 4.44. The third kappa shape index (κ3) is 3.30. The van der Waals surface area contributed by atoms with Gasteiger partial charge in [0, 0.05) is 29.4 Å². The van der Waals surface area contributed by atoms with Gasteiger partial charge in [0.15, 0.2) is 5.78 Å². The summed E-state index contributed by atoms with van der Waals surface area (Å²) in [5, 5.41) is 0.760. The van der Waals surface area contributed by atoms with Crippen LogP contribution in [0.1, 0.15) is 27.8 Å². The molecule has 0 radical (unpaired) electrons. The van der Waals surface area contributed by atoms with Gasteiger partial charge in [-0.15, -0.1) is 0 Å². The molecule has 3 heterocycles. The molecule has 0 bridgehead atoms. The van der Waals surface area contributed by atoms with E-state index in [1.165, 1.54) is 0 Å². The zero-order valence-corrected chi connectivity index (χ0v) is 15.7. The molecule has 1 fully saturated rings. The Morgan fingerprint density at radius 2 is 2.15 bits per heavy atom. The molecule has 4 rings (SSSR count). The van der Waals surface area contributed by atoms with E-state index in [4.69, 9.17) is 4.74 Å². The Labute approximate surface area is 161 Å². The van der Waals surface area contributed by atoms with Gasteiger partial charge in [-0.1, -0.05) is 18.2 Å². The Morgan fingerprint density at radius 1 is 1.30 bits per heavy atom. The molecule has 1 N–H and O–H groups in total. The molecule has 1 aromatic carbocycles. The summed E-state index contributed by atoms with van der Waals surface area (Å²) >= 11 is 1.61. The lowest BCUT2D eigenvalue weighted by molar-refractivity contribution is 0.0517. The van der Waals surface area contributed by atoms with Crippen LogP contribution < -0.4 is 4.31 Å². The number of carbonyl (C=O) groups excluding carboxylic acids is 2. The van der Waals surface area contributed by atoms with Crippen LogP contribution in [0.5, 0.6) is 0 Å². The topological polar surface area (TPSA) is 75.3 Å². The highest BCUT2D eigenvalue weighted by Gasteiger charge is 2.34. The summed E-state index contributed by atoms with van der Waals surface area (Å²) in [6.07, 6.45) is 3.51. The van der Waals surface area contributed by atoms with Crippen molar-refractivity contribution in [2.45, 2.75) is 6.92 Å². The van der Waals surface area contributed by atoms with Gasteiger partial charge in [0.2, 0.25) is 0 Å². The summed E-state index contributed by atoms with van der Waals surface area (Å²) in [5.74, 6) is -0.0704. The summed E-state index contributed by atoms with van der Waals surface area (Å²) in [6.45, 7) is 2.59. The lowest BCUT2D eigenvalue weighted by Gasteiger charge is -2.16. The largest absolute Gasteiger partial charge is 0.461 e. The van der Waals surface area contributed by atoms with Crippen LogP contribution in [0.3, 0.4) is 0 Å². The lowest BCUT2D eigenvalue weighted by atomic mass is 9.96. The summed E-state index contributed by atoms with van der Waals surface area (Å²) in [4.78, 5) is 33.0. The van der Waals surface area contributed by atoms with Gasteiger partial charge >= 0.3 is 5.97 Å². The van der Waals surface area contributed by atoms with Gasteiger partial charge < -0.3 is 14.0 Å². The van der Waals surface area contributed by atoms with Crippen LogP contribution in [0.15, 0.2) is 48.8 Å². The molecule has 1 aliphatic rings. The van der Waals surface area contributed by atoms with Crippen molar-refractivity contribution in [1.29, 1.82) is 0 Å². The minimum absolute atomic E-state index is 0.0330. The second kappa shape index (κ2) is 7.44. The minimum Gasteiger partial charge on any atom is -0.461 e. The van der Waals surface area contributed by atoms with Gasteiger partial charge in [-0.25, -0.2) is 4.79 Å². The summed E-state index contributed by atoms with van der Waals surface area (Å²) in [5.41, 5.74) is 2.41. The number of benzene rings is 1. The number of nitrogens with zero attached hydrogens (tertiary/aromatic N) is 2. The van der Waals surface area contributed by atoms with Gasteiger partial charge in [-0.3, -0.25) is 9.78 Å². The standard InChI is InChI=1S/C20H19N3O3S/c1-2-26-20(25)18-17(15-7-3-4-8-16(15)22-18)19(24)13-11-23(27-12-13)14-6-5-9-21-10-14/h3-10,13,22H,2,11-12H2,1H3. The second-order valence-corrected chi connectivity index (χ2v) is 7.30. The van der Waals surface area contributed by atoms with Crippen LogP contribution in [0.2, 0.25) is 0 Å². The summed E-state index contributed by atoms with van der Waals surface area (Å²) in [7, 11) is 0. The van der Waals surface area contributed by atoms with E-state index < -0.39 is 5.97 Å². The smallest absolute Gasteiger partial charge is 0.355 e. The number of hydrogen-bond acceptors (Lipinski definition) is 6. The number of aromatic amines is 1. The maximum atomic E-state index is 13.3. The molecule has 1 aliphatic heterocycles. The molecule has 0 aliphatic carbocycles. The van der Waals surface area contributed by atoms with Crippen LogP contribution in [-0.2, 0) is 4.74 Å². The highest BCUT2D eigenvalue weighted by atomic mass is 32.2. The van der Waals surface area contributed by atoms with E-state index in [0.29, 0.717) is 17.9 Å². The van der Waals surface area contributed by atoms with Gasteiger partial charge in [-0.05, 0) is 37.1 Å². The van der Waals surface area contributed by atoms with Crippen molar-refractivity contribution in [3.05, 3.63) is 60.0 Å². The van der Waals surface area contributed by atoms with Crippen molar-refractivity contribution in [1.82, 2.24) is 9.97 Å². The number of ether oxygens (including phenoxy) is 1. The van der Waals surface area contributed by atoms with Crippen LogP contribution in [0.25, 0.3) is 10.9 Å². The molecule has 1 unspecified atom stereocenters. The van der Waals surface area contributed by atoms with Gasteiger partial charge in [0.25, 0.3) is 0 Å². The molecule has 7 heteroatoms. The van der Waals surface area contributed by atoms with Crippen LogP contribution in [-0.4, -0.2) is 40.6 Å². The predicted octanol–water partition coefficient (Wildman–Crippen LogP) is 3.71. The van der Waals surface area contributed by atoms with Crippen LogP contribution >= 0.6 is 11.9 Å². The first-order chi connectivity index (χ1) is 13.2. The number of nitrogens with one attached hydrogen (secondary N) is 1. The zero-order chi connectivity index (χ0) is 18.8. The molecule has 1 atom stereocenters. The number of fused-ring (bicyclic) bond motifs is 1. The number of anilines is 1. The Morgan fingerprint density at radius 3 is 2.93 bits per heavy atom. The minimum atomic E-state index is -0.494. The highest BCUT2D eigenvalue weighted by molar-refractivity contribution is 8.00. The number of ketones is 1. The van der Waals surface area contributed by atoms with Crippen molar-refractivity contribution in [3.8, 4) is 0 Å². The monoisotopic (exact) mass is 381 g/mol. The third-order valence-corrected chi connectivity index (χ3v) is 5.78. The fourth-order valence-electron chi connectivity index (χ4n) is 3.28. The molecule has 138 valence electrons. The third-order valence-electron chi connectivity index (χ3n) is 4.55. The van der Waals surface area contributed by atoms with Gasteiger partial charge in [0.05, 0.1) is 30.0 Å². The average molecular weight is 381 g/mol. The Kier molecular flexibility index (Phi) is 4.85. The maximum Gasteiger partial charge on any atom is 0.355 e. The number of H-pyrrole nitrogens is 1. The van der Waals surface area contributed by atoms with Crippen LogP contribution in [0, 0.1) is 5.92 Å². The van der Waals surface area contributed by atoms with Crippen LogP contribution in [0.4, 0.5) is 5.69 Å². The number of esters is 1. The number of pyridine rings is 1. The molecule has 0 saturated carbocycles. The molecule has 0 amide bonds. The second-order valence-electron chi connectivity index (χ2n) is 6.27. The molecule has 0 spiro atoms. The van der Waals surface area contributed by atoms with Crippen molar-refractivity contribution in [3.63, 3.8) is 0 Å². The number of carbonyl (C=O) groups is 2. The van der Waals surface area contributed by atoms with E-state index in [2.05, 4.69) is 14.3 Å². The molecule has 6 nitrogen and oxygen atoms in total. The highest BCUT2D eigenvalue weighted by Crippen LogP contribution is 2.34. The molecular weight excluding hydrogens is 362 g/mol. The predicted molar refractivity (Wildman–Crippen MR) is 106 cm³/mol. The Hall–Kier alpha value is -2.80. The van der Waals surface area contributed by atoms with Crippen molar-refractivity contribution in [2.75, 3.05) is 23.2 Å². The van der Waals surface area contributed by atoms with E-state index >= 15 is 0 Å². The first-order valence-corrected chi connectivity index (χ1v) is 9.75. The van der Waals surface area contributed by atoms with E-state index in [0.717, 1.165) is 16.6 Å². The Bertz CT molecular complexity index is 987. The zero-order valence-electron chi connectivity index (χ0n) is 14.8. The number of Topliss-reactive ketones (excluding diaryl/α,β-unsaturated/α-hetero) is 1. The number of hydrogen-bond donors (Lipinski definition) is 1. The van der Waals surface area contributed by atoms with E-state index in [1.54, 1.807) is 31.3 Å². The van der Waals surface area contributed by atoms with Crippen molar-refractivity contribution in [2.24, 2.45) is 5.92 Å². The molecule has 3 aromatic rings. The molecule has 27 heavy (non-hydrogen) atoms. The average Bonchev–Trinajstić information content (AvgIpc) is 3.34. The first kappa shape index (κ1) is 17.6. The quantitative estimate of drug-likeness (QED) is 0.413. The summed E-state index contributed by atoms with van der Waals surface area (Å²) in [6, 6.07) is 11.3. The Balaban J connectivity index is 1.66. The fraction of sp³-hybridized carbons (Fsp3) is 0.250. The maximum absolute atomic E-state index is 13.3.